The highest BCUT2D eigenvalue weighted by atomic mass is 35.5. The lowest BCUT2D eigenvalue weighted by Gasteiger charge is -2.20. The Morgan fingerprint density at radius 2 is 1.89 bits per heavy atom. The van der Waals surface area contributed by atoms with Gasteiger partial charge in [-0.05, 0) is 66.9 Å². The average Bonchev–Trinajstić information content (AvgIpc) is 3.60. The number of benzene rings is 3. The minimum atomic E-state index is -4.77. The molecule has 0 spiro atoms. The Morgan fingerprint density at radius 3 is 2.60 bits per heavy atom. The molecule has 234 valence electrons. The number of thioether (sulfide) groups is 1. The molecule has 0 radical (unpaired) electrons. The fourth-order valence-electron chi connectivity index (χ4n) is 4.48. The van der Waals surface area contributed by atoms with Gasteiger partial charge in [0.1, 0.15) is 12.1 Å². The number of aromatic nitrogens is 3. The summed E-state index contributed by atoms with van der Waals surface area (Å²) < 4.78 is 47.8. The van der Waals surface area contributed by atoms with Gasteiger partial charge >= 0.3 is 12.4 Å². The molecule has 3 amide bonds. The fourth-order valence-corrected chi connectivity index (χ4v) is 5.59. The topological polar surface area (TPSA) is 111 Å². The highest BCUT2D eigenvalue weighted by molar-refractivity contribution is 8.15. The molecular formula is C30H26ClF3N6O4S. The van der Waals surface area contributed by atoms with Crippen molar-refractivity contribution in [3.8, 4) is 11.4 Å². The van der Waals surface area contributed by atoms with Crippen molar-refractivity contribution in [2.24, 2.45) is 4.99 Å². The molecule has 2 heterocycles. The van der Waals surface area contributed by atoms with Gasteiger partial charge in [-0.1, -0.05) is 41.6 Å². The van der Waals surface area contributed by atoms with Crippen molar-refractivity contribution in [1.82, 2.24) is 14.8 Å². The summed E-state index contributed by atoms with van der Waals surface area (Å²) in [6, 6.07) is 15.4. The first-order valence-electron chi connectivity index (χ1n) is 13.5. The number of anilines is 2. The van der Waals surface area contributed by atoms with E-state index >= 15 is 0 Å². The van der Waals surface area contributed by atoms with E-state index in [9.17, 15) is 22.8 Å². The Morgan fingerprint density at radius 1 is 1.11 bits per heavy atom. The molecule has 0 bridgehead atoms. The largest absolute Gasteiger partial charge is 0.573 e. The molecule has 3 aromatic carbocycles. The maximum Gasteiger partial charge on any atom is 0.573 e. The molecule has 0 atom stereocenters. The van der Waals surface area contributed by atoms with Gasteiger partial charge in [0.25, 0.3) is 0 Å². The molecule has 0 unspecified atom stereocenters. The van der Waals surface area contributed by atoms with Crippen LogP contribution in [0.2, 0.25) is 5.02 Å². The quantitative estimate of drug-likeness (QED) is 0.212. The SMILES string of the molecule is COCc1ccc(C)cc1N1C(=O)CSC1=NC(=O)Nc1ccc(CCc2ncn(-c3ccc(OC(F)(F)F)cc3)n2)cc1Cl. The van der Waals surface area contributed by atoms with Gasteiger partial charge < -0.3 is 14.8 Å². The van der Waals surface area contributed by atoms with Crippen LogP contribution in [0.3, 0.4) is 0 Å². The number of halogens is 4. The second-order valence-corrected chi connectivity index (χ2v) is 11.2. The highest BCUT2D eigenvalue weighted by Gasteiger charge is 2.32. The zero-order chi connectivity index (χ0) is 32.1. The van der Waals surface area contributed by atoms with Crippen LogP contribution in [-0.4, -0.2) is 51.1 Å². The molecule has 1 N–H and O–H groups in total. The standard InChI is InChI=1S/C30H26ClF3N6O4S/c1-18-3-6-20(15-43-2)25(13-18)40-27(41)16-45-29(40)37-28(42)36-24-11-4-19(14-23(24)31)5-12-26-35-17-39(38-26)21-7-9-22(10-8-21)44-30(32,33)34/h3-4,6-11,13-14,17H,5,12,15-16H2,1-2H3,(H,36,42). The van der Waals surface area contributed by atoms with E-state index in [1.807, 2.05) is 25.1 Å². The number of carbonyl (C=O) groups excluding carboxylic acids is 2. The van der Waals surface area contributed by atoms with Crippen LogP contribution < -0.4 is 15.0 Å². The number of amidine groups is 1. The van der Waals surface area contributed by atoms with Gasteiger partial charge in [-0.25, -0.2) is 14.5 Å². The van der Waals surface area contributed by atoms with Crippen LogP contribution in [0.5, 0.6) is 5.75 Å². The average molecular weight is 659 g/mol. The summed E-state index contributed by atoms with van der Waals surface area (Å²) in [6.07, 6.45) is -2.30. The number of nitrogens with zero attached hydrogens (tertiary/aromatic N) is 5. The first-order chi connectivity index (χ1) is 21.5. The zero-order valence-electron chi connectivity index (χ0n) is 24.0. The zero-order valence-corrected chi connectivity index (χ0v) is 25.5. The Balaban J connectivity index is 1.21. The third-order valence-corrected chi connectivity index (χ3v) is 7.77. The highest BCUT2D eigenvalue weighted by Crippen LogP contribution is 2.32. The number of hydrogen-bond acceptors (Lipinski definition) is 7. The van der Waals surface area contributed by atoms with Gasteiger partial charge in [0, 0.05) is 19.1 Å². The number of aryl methyl sites for hydroxylation is 3. The molecule has 1 aliphatic heterocycles. The minimum absolute atomic E-state index is 0.151. The van der Waals surface area contributed by atoms with Crippen molar-refractivity contribution < 1.29 is 32.2 Å². The number of rotatable bonds is 9. The molecule has 10 nitrogen and oxygen atoms in total. The molecule has 1 saturated heterocycles. The Kier molecular flexibility index (Phi) is 9.75. The molecule has 1 fully saturated rings. The maximum atomic E-state index is 12.9. The smallest absolute Gasteiger partial charge is 0.406 e. The Labute approximate surface area is 265 Å². The summed E-state index contributed by atoms with van der Waals surface area (Å²) in [5.41, 5.74) is 4.10. The molecule has 15 heteroatoms. The number of carbonyl (C=O) groups is 2. The van der Waals surface area contributed by atoms with Gasteiger partial charge in [-0.3, -0.25) is 9.69 Å². The number of aliphatic imine (C=N–C) groups is 1. The Hall–Kier alpha value is -4.40. The summed E-state index contributed by atoms with van der Waals surface area (Å²) in [5.74, 6) is 0.150. The van der Waals surface area contributed by atoms with Gasteiger partial charge in [0.2, 0.25) is 5.91 Å². The summed E-state index contributed by atoms with van der Waals surface area (Å²) in [7, 11) is 1.57. The summed E-state index contributed by atoms with van der Waals surface area (Å²) in [6.45, 7) is 2.20. The van der Waals surface area contributed by atoms with Crippen LogP contribution in [0.25, 0.3) is 5.69 Å². The summed E-state index contributed by atoms with van der Waals surface area (Å²) >= 11 is 7.64. The van der Waals surface area contributed by atoms with E-state index in [1.165, 1.54) is 51.9 Å². The lowest BCUT2D eigenvalue weighted by atomic mass is 10.1. The number of methoxy groups -OCH3 is 1. The maximum absolute atomic E-state index is 12.9. The van der Waals surface area contributed by atoms with Crippen LogP contribution in [-0.2, 0) is 29.0 Å². The van der Waals surface area contributed by atoms with Crippen molar-refractivity contribution in [2.45, 2.75) is 32.7 Å². The number of urea groups is 1. The van der Waals surface area contributed by atoms with Crippen molar-refractivity contribution >= 4 is 51.8 Å². The lowest BCUT2D eigenvalue weighted by Crippen LogP contribution is -2.31. The Bertz CT molecular complexity index is 1750. The first kappa shape index (κ1) is 32.0. The van der Waals surface area contributed by atoms with Gasteiger partial charge in [0.15, 0.2) is 11.0 Å². The van der Waals surface area contributed by atoms with Gasteiger partial charge in [-0.15, -0.1) is 13.2 Å². The number of nitrogens with one attached hydrogen (secondary N) is 1. The molecule has 5 rings (SSSR count). The normalized spacial score (nSPS) is 14.3. The van der Waals surface area contributed by atoms with Crippen molar-refractivity contribution in [2.75, 3.05) is 23.1 Å². The lowest BCUT2D eigenvalue weighted by molar-refractivity contribution is -0.274. The minimum Gasteiger partial charge on any atom is -0.406 e. The third-order valence-electron chi connectivity index (χ3n) is 6.53. The van der Waals surface area contributed by atoms with E-state index in [0.29, 0.717) is 47.4 Å². The molecular weight excluding hydrogens is 633 g/mol. The van der Waals surface area contributed by atoms with E-state index in [4.69, 9.17) is 16.3 Å². The monoisotopic (exact) mass is 658 g/mol. The second kappa shape index (κ2) is 13.7. The van der Waals surface area contributed by atoms with E-state index in [1.54, 1.807) is 25.3 Å². The predicted molar refractivity (Wildman–Crippen MR) is 165 cm³/mol. The second-order valence-electron chi connectivity index (χ2n) is 9.87. The first-order valence-corrected chi connectivity index (χ1v) is 14.8. The molecule has 1 aliphatic rings. The summed E-state index contributed by atoms with van der Waals surface area (Å²) in [5, 5.41) is 7.62. The van der Waals surface area contributed by atoms with Crippen LogP contribution in [0.4, 0.5) is 29.3 Å². The van der Waals surface area contributed by atoms with E-state index < -0.39 is 12.4 Å². The third kappa shape index (κ3) is 8.21. The van der Waals surface area contributed by atoms with Crippen LogP contribution in [0.15, 0.2) is 72.0 Å². The van der Waals surface area contributed by atoms with Crippen LogP contribution >= 0.6 is 23.4 Å². The number of alkyl halides is 3. The van der Waals surface area contributed by atoms with Crippen LogP contribution in [0.1, 0.15) is 22.5 Å². The fraction of sp³-hybridized carbons (Fsp3) is 0.233. The molecule has 0 aliphatic carbocycles. The predicted octanol–water partition coefficient (Wildman–Crippen LogP) is 6.73. The van der Waals surface area contributed by atoms with E-state index in [-0.39, 0.29) is 22.6 Å². The summed E-state index contributed by atoms with van der Waals surface area (Å²) in [4.78, 5) is 35.5. The molecule has 0 saturated carbocycles. The van der Waals surface area contributed by atoms with Crippen molar-refractivity contribution in [3.63, 3.8) is 0 Å². The van der Waals surface area contributed by atoms with E-state index in [0.717, 1.165) is 16.7 Å². The van der Waals surface area contributed by atoms with E-state index in [2.05, 4.69) is 25.1 Å². The number of ether oxygens (including phenoxy) is 2. The molecule has 45 heavy (non-hydrogen) atoms. The van der Waals surface area contributed by atoms with Gasteiger partial charge in [-0.2, -0.15) is 10.1 Å². The van der Waals surface area contributed by atoms with Crippen LogP contribution in [0, 0.1) is 6.92 Å². The molecule has 1 aromatic heterocycles. The number of amides is 3. The number of hydrogen-bond donors (Lipinski definition) is 1. The van der Waals surface area contributed by atoms with Gasteiger partial charge in [0.05, 0.1) is 34.4 Å². The van der Waals surface area contributed by atoms with Crippen molar-refractivity contribution in [1.29, 1.82) is 0 Å². The van der Waals surface area contributed by atoms with Crippen molar-refractivity contribution in [3.05, 3.63) is 94.5 Å². The molecule has 4 aromatic rings.